The zero-order valence-corrected chi connectivity index (χ0v) is 27.1. The Kier molecular flexibility index (Phi) is 9.02. The van der Waals surface area contributed by atoms with Crippen molar-refractivity contribution in [2.75, 3.05) is 0 Å². The van der Waals surface area contributed by atoms with Crippen LogP contribution < -0.4 is 0 Å². The molecule has 0 spiro atoms. The fraction of sp³-hybridized carbons (Fsp3) is 0.0833. The third-order valence-electron chi connectivity index (χ3n) is 7.00. The Hall–Kier alpha value is -3.72. The van der Waals surface area contributed by atoms with Crippen LogP contribution in [0.2, 0.25) is 0 Å². The van der Waals surface area contributed by atoms with E-state index in [-0.39, 0.29) is 20.1 Å². The number of pyridine rings is 3. The maximum atomic E-state index is 4.54. The summed E-state index contributed by atoms with van der Waals surface area (Å²) in [6.45, 7) is 6.32. The second kappa shape index (κ2) is 12.8. The molecule has 4 aromatic heterocycles. The van der Waals surface area contributed by atoms with Gasteiger partial charge in [0.05, 0.1) is 0 Å². The summed E-state index contributed by atoms with van der Waals surface area (Å²) in [5.41, 5.74) is 9.91. The normalized spacial score (nSPS) is 10.6. The summed E-state index contributed by atoms with van der Waals surface area (Å²) in [6.07, 6.45) is 5.70. The molecule has 0 aliphatic carbocycles. The van der Waals surface area contributed by atoms with E-state index in [1.807, 2.05) is 30.6 Å². The van der Waals surface area contributed by atoms with Gasteiger partial charge < -0.3 is 4.98 Å². The fourth-order valence-corrected chi connectivity index (χ4v) is 6.85. The van der Waals surface area contributed by atoms with Gasteiger partial charge in [-0.25, -0.2) is 0 Å². The second-order valence-electron chi connectivity index (χ2n) is 9.76. The first-order valence-corrected chi connectivity index (χ1v) is 14.9. The molecular weight excluding hydrogens is 746 g/mol. The zero-order chi connectivity index (χ0) is 27.5. The minimum atomic E-state index is 0. The van der Waals surface area contributed by atoms with E-state index in [0.29, 0.717) is 14.5 Å². The molecule has 0 amide bonds. The molecule has 0 fully saturated rings. The Balaban J connectivity index is 0.000000161. The van der Waals surface area contributed by atoms with Crippen LogP contribution >= 0.6 is 0 Å². The van der Waals surface area contributed by atoms with E-state index in [2.05, 4.69) is 121 Å². The number of rotatable bonds is 3. The average Bonchev–Trinajstić information content (AvgIpc) is 3.38. The van der Waals surface area contributed by atoms with Crippen molar-refractivity contribution in [1.82, 2.24) is 15.0 Å². The summed E-state index contributed by atoms with van der Waals surface area (Å²) in [4.78, 5) is 13.4. The van der Waals surface area contributed by atoms with Crippen molar-refractivity contribution in [2.45, 2.75) is 20.8 Å². The van der Waals surface area contributed by atoms with Crippen LogP contribution in [0, 0.1) is 32.9 Å². The molecule has 0 saturated heterocycles. The van der Waals surface area contributed by atoms with Gasteiger partial charge in [0.2, 0.25) is 0 Å². The number of hydrogen-bond donors (Lipinski definition) is 0. The number of aromatic nitrogens is 3. The van der Waals surface area contributed by atoms with Gasteiger partial charge in [-0.2, -0.15) is 0 Å². The van der Waals surface area contributed by atoms with Gasteiger partial charge in [0.1, 0.15) is 0 Å². The molecule has 0 unspecified atom stereocenters. The molecule has 4 heterocycles. The summed E-state index contributed by atoms with van der Waals surface area (Å²) in [7, 11) is 0. The Morgan fingerprint density at radius 1 is 0.634 bits per heavy atom. The zero-order valence-electron chi connectivity index (χ0n) is 23.0. The maximum absolute atomic E-state index is 4.54. The van der Waals surface area contributed by atoms with Gasteiger partial charge in [0.25, 0.3) is 0 Å². The van der Waals surface area contributed by atoms with Gasteiger partial charge in [-0.05, 0) is 30.7 Å². The van der Waals surface area contributed by atoms with E-state index in [1.54, 1.807) is 6.20 Å². The van der Waals surface area contributed by atoms with Gasteiger partial charge in [0.15, 0.2) is 0 Å². The monoisotopic (exact) mass is 774 g/mol. The standard InChI is InChI=1S/C20H18N.C16H9N2Se.Ir/c1-14-9-10-18(20-11-15(2)16(3)13-21-20)12-19(14)17-7-5-4-6-8-17;1-2-7-15-11(5-1)12-9-14(18-10-16(12)19-15)13-6-3-4-8-17-13;/h4-9,11-13H,1-3H3;1-5,7-10H;/q2*-1;. The van der Waals surface area contributed by atoms with E-state index in [9.17, 15) is 0 Å². The van der Waals surface area contributed by atoms with E-state index in [1.165, 1.54) is 47.1 Å². The topological polar surface area (TPSA) is 38.7 Å². The molecular formula is C36H27IrN3Se-2. The predicted octanol–water partition coefficient (Wildman–Crippen LogP) is 8.45. The van der Waals surface area contributed by atoms with Crippen LogP contribution in [0.5, 0.6) is 0 Å². The van der Waals surface area contributed by atoms with Crippen LogP contribution in [0.3, 0.4) is 0 Å². The van der Waals surface area contributed by atoms with Crippen molar-refractivity contribution >= 4 is 33.8 Å². The summed E-state index contributed by atoms with van der Waals surface area (Å²) < 4.78 is 2.79. The molecule has 203 valence electrons. The summed E-state index contributed by atoms with van der Waals surface area (Å²) >= 11 is 0.380. The predicted molar refractivity (Wildman–Crippen MR) is 166 cm³/mol. The quantitative estimate of drug-likeness (QED) is 0.134. The van der Waals surface area contributed by atoms with E-state index in [0.717, 1.165) is 22.6 Å². The first-order chi connectivity index (χ1) is 19.6. The van der Waals surface area contributed by atoms with Crippen LogP contribution in [-0.2, 0) is 20.1 Å². The van der Waals surface area contributed by atoms with Crippen LogP contribution in [0.1, 0.15) is 16.7 Å². The Labute approximate surface area is 260 Å². The van der Waals surface area contributed by atoms with Gasteiger partial charge >= 0.3 is 116 Å². The van der Waals surface area contributed by atoms with Gasteiger partial charge in [-0.15, -0.1) is 29.3 Å². The number of aryl methyl sites for hydroxylation is 3. The average molecular weight is 773 g/mol. The molecule has 41 heavy (non-hydrogen) atoms. The number of fused-ring (bicyclic) bond motifs is 3. The molecule has 3 aromatic carbocycles. The number of nitrogens with zero attached hydrogens (tertiary/aromatic N) is 3. The van der Waals surface area contributed by atoms with Crippen molar-refractivity contribution in [2.24, 2.45) is 0 Å². The number of benzene rings is 3. The Morgan fingerprint density at radius 2 is 1.41 bits per heavy atom. The van der Waals surface area contributed by atoms with E-state index < -0.39 is 0 Å². The Morgan fingerprint density at radius 3 is 2.20 bits per heavy atom. The SMILES string of the molecule is Cc1cnc(-c2[c-]cc(C)c(-c3ccccc3)c2)cc1C.[Ir].[c-]1cccnc1-c1cc2c(cn1)[se]c1ccccc12. The van der Waals surface area contributed by atoms with Gasteiger partial charge in [-0.1, -0.05) is 54.4 Å². The van der Waals surface area contributed by atoms with Crippen molar-refractivity contribution in [1.29, 1.82) is 0 Å². The molecule has 0 aliphatic heterocycles. The minimum absolute atomic E-state index is 0. The molecule has 1 radical (unpaired) electrons. The van der Waals surface area contributed by atoms with Crippen molar-refractivity contribution in [3.05, 3.63) is 138 Å². The fourth-order valence-electron chi connectivity index (χ4n) is 4.64. The third-order valence-corrected chi connectivity index (χ3v) is 9.36. The summed E-state index contributed by atoms with van der Waals surface area (Å²) in [5.74, 6) is 0. The van der Waals surface area contributed by atoms with Crippen molar-refractivity contribution in [3.63, 3.8) is 0 Å². The van der Waals surface area contributed by atoms with E-state index in [4.69, 9.17) is 0 Å². The van der Waals surface area contributed by atoms with Crippen molar-refractivity contribution in [3.8, 4) is 33.8 Å². The molecule has 7 aromatic rings. The van der Waals surface area contributed by atoms with Crippen LogP contribution in [0.25, 0.3) is 53.1 Å². The van der Waals surface area contributed by atoms with Crippen molar-refractivity contribution < 1.29 is 20.1 Å². The molecule has 5 heteroatoms. The second-order valence-corrected chi connectivity index (χ2v) is 12.0. The van der Waals surface area contributed by atoms with E-state index >= 15 is 0 Å². The molecule has 3 nitrogen and oxygen atoms in total. The summed E-state index contributed by atoms with van der Waals surface area (Å²) in [5, 5.41) is 2.65. The van der Waals surface area contributed by atoms with Crippen LogP contribution in [0.15, 0.2) is 110 Å². The molecule has 0 N–H and O–H groups in total. The van der Waals surface area contributed by atoms with Gasteiger partial charge in [-0.3, -0.25) is 0 Å². The molecule has 0 bridgehead atoms. The third kappa shape index (κ3) is 6.30. The number of hydrogen-bond acceptors (Lipinski definition) is 3. The summed E-state index contributed by atoms with van der Waals surface area (Å²) in [6, 6.07) is 37.8. The van der Waals surface area contributed by atoms with Gasteiger partial charge in [0, 0.05) is 26.3 Å². The van der Waals surface area contributed by atoms with Crippen LogP contribution in [-0.4, -0.2) is 29.5 Å². The van der Waals surface area contributed by atoms with Crippen LogP contribution in [0.4, 0.5) is 0 Å². The first kappa shape index (κ1) is 28.8. The molecule has 7 rings (SSSR count). The first-order valence-electron chi connectivity index (χ1n) is 13.2. The molecule has 0 aliphatic rings. The Bertz CT molecular complexity index is 1930. The molecule has 0 atom stereocenters. The molecule has 0 saturated carbocycles.